The lowest BCUT2D eigenvalue weighted by atomic mass is 9.71. The summed E-state index contributed by atoms with van der Waals surface area (Å²) in [5, 5.41) is 9.89. The lowest BCUT2D eigenvalue weighted by molar-refractivity contribution is 0.0273. The Bertz CT molecular complexity index is 231. The smallest absolute Gasteiger partial charge is 0.0610 e. The maximum absolute atomic E-state index is 9.89. The molecule has 5 unspecified atom stereocenters. The van der Waals surface area contributed by atoms with E-state index in [1.54, 1.807) is 0 Å². The van der Waals surface area contributed by atoms with Gasteiger partial charge in [0.15, 0.2) is 0 Å². The monoisotopic (exact) mass is 164 g/mol. The highest BCUT2D eigenvalue weighted by Crippen LogP contribution is 2.57. The third kappa shape index (κ3) is 0.731. The van der Waals surface area contributed by atoms with Gasteiger partial charge in [-0.3, -0.25) is 0 Å². The Morgan fingerprint density at radius 2 is 2.00 bits per heavy atom. The number of aliphatic hydroxyl groups excluding tert-OH is 1. The van der Waals surface area contributed by atoms with Crippen molar-refractivity contribution in [1.82, 2.24) is 0 Å². The van der Waals surface area contributed by atoms with E-state index >= 15 is 0 Å². The van der Waals surface area contributed by atoms with Crippen molar-refractivity contribution >= 4 is 0 Å². The Labute approximate surface area is 73.5 Å². The molecule has 1 nitrogen and oxygen atoms in total. The molecule has 0 heterocycles. The standard InChI is InChI=1S/C11H16O/c1-6-8-2-7-3-9(5-8)11(6)10(12)4-7/h7-12H,1-5H2. The molecule has 0 aromatic heterocycles. The van der Waals surface area contributed by atoms with Gasteiger partial charge in [-0.05, 0) is 43.4 Å². The van der Waals surface area contributed by atoms with E-state index in [0.29, 0.717) is 5.92 Å². The first-order valence-electron chi connectivity index (χ1n) is 5.12. The van der Waals surface area contributed by atoms with Crippen molar-refractivity contribution in [3.63, 3.8) is 0 Å². The van der Waals surface area contributed by atoms with Crippen molar-refractivity contribution in [3.05, 3.63) is 12.2 Å². The first kappa shape index (κ1) is 7.14. The van der Waals surface area contributed by atoms with Crippen LogP contribution in [0, 0.1) is 23.7 Å². The summed E-state index contributed by atoms with van der Waals surface area (Å²) in [5.41, 5.74) is 1.38. The molecule has 0 spiro atoms. The van der Waals surface area contributed by atoms with E-state index in [9.17, 15) is 5.11 Å². The van der Waals surface area contributed by atoms with E-state index in [2.05, 4.69) is 6.58 Å². The second-order valence-corrected chi connectivity index (χ2v) is 4.93. The van der Waals surface area contributed by atoms with Crippen LogP contribution < -0.4 is 0 Å². The topological polar surface area (TPSA) is 20.2 Å². The van der Waals surface area contributed by atoms with Crippen molar-refractivity contribution in [3.8, 4) is 0 Å². The minimum atomic E-state index is -0.0475. The normalized spacial score (nSPS) is 56.4. The summed E-state index contributed by atoms with van der Waals surface area (Å²) in [6.45, 7) is 4.17. The average Bonchev–Trinajstić information content (AvgIpc) is 2.18. The van der Waals surface area contributed by atoms with Gasteiger partial charge in [0, 0.05) is 5.92 Å². The molecular formula is C11H16O. The summed E-state index contributed by atoms with van der Waals surface area (Å²) >= 11 is 0. The predicted octanol–water partition coefficient (Wildman–Crippen LogP) is 1.97. The van der Waals surface area contributed by atoms with Gasteiger partial charge in [-0.15, -0.1) is 0 Å². The van der Waals surface area contributed by atoms with Gasteiger partial charge in [0.2, 0.25) is 0 Å². The highest BCUT2D eigenvalue weighted by molar-refractivity contribution is 5.21. The summed E-state index contributed by atoms with van der Waals surface area (Å²) in [6.07, 6.45) is 5.03. The van der Waals surface area contributed by atoms with Crippen molar-refractivity contribution in [1.29, 1.82) is 0 Å². The molecule has 3 rings (SSSR count). The van der Waals surface area contributed by atoms with E-state index in [1.165, 1.54) is 24.8 Å². The van der Waals surface area contributed by atoms with Gasteiger partial charge in [0.1, 0.15) is 0 Å². The third-order valence-corrected chi connectivity index (χ3v) is 4.29. The summed E-state index contributed by atoms with van der Waals surface area (Å²) in [5.74, 6) is 2.87. The molecule has 12 heavy (non-hydrogen) atoms. The van der Waals surface area contributed by atoms with Crippen LogP contribution in [0.5, 0.6) is 0 Å². The summed E-state index contributed by atoms with van der Waals surface area (Å²) < 4.78 is 0. The van der Waals surface area contributed by atoms with E-state index in [-0.39, 0.29) is 6.10 Å². The lowest BCUT2D eigenvalue weighted by Crippen LogP contribution is -2.33. The molecule has 0 amide bonds. The minimum Gasteiger partial charge on any atom is -0.392 e. The van der Waals surface area contributed by atoms with Gasteiger partial charge in [0.05, 0.1) is 6.10 Å². The van der Waals surface area contributed by atoms with Crippen LogP contribution in [0.4, 0.5) is 0 Å². The molecule has 3 saturated carbocycles. The maximum atomic E-state index is 9.89. The van der Waals surface area contributed by atoms with Crippen LogP contribution in [0.15, 0.2) is 12.2 Å². The zero-order valence-electron chi connectivity index (χ0n) is 7.37. The van der Waals surface area contributed by atoms with Crippen molar-refractivity contribution in [2.24, 2.45) is 23.7 Å². The van der Waals surface area contributed by atoms with Crippen molar-refractivity contribution in [2.45, 2.75) is 31.8 Å². The van der Waals surface area contributed by atoms with Gasteiger partial charge in [0.25, 0.3) is 0 Å². The zero-order chi connectivity index (χ0) is 8.29. The van der Waals surface area contributed by atoms with E-state index < -0.39 is 0 Å². The maximum Gasteiger partial charge on any atom is 0.0610 e. The zero-order valence-corrected chi connectivity index (χ0v) is 7.37. The fraction of sp³-hybridized carbons (Fsp3) is 0.818. The van der Waals surface area contributed by atoms with Gasteiger partial charge in [-0.1, -0.05) is 12.2 Å². The van der Waals surface area contributed by atoms with Gasteiger partial charge in [-0.2, -0.15) is 0 Å². The first-order valence-corrected chi connectivity index (χ1v) is 5.12. The Hall–Kier alpha value is -0.300. The summed E-state index contributed by atoms with van der Waals surface area (Å²) in [7, 11) is 0. The second-order valence-electron chi connectivity index (χ2n) is 4.93. The fourth-order valence-electron chi connectivity index (χ4n) is 3.90. The Morgan fingerprint density at radius 3 is 2.83 bits per heavy atom. The second kappa shape index (κ2) is 2.14. The molecule has 0 aromatic rings. The molecule has 1 N–H and O–H groups in total. The van der Waals surface area contributed by atoms with Crippen LogP contribution in [-0.4, -0.2) is 11.2 Å². The van der Waals surface area contributed by atoms with E-state index in [0.717, 1.165) is 24.2 Å². The minimum absolute atomic E-state index is 0.0475. The van der Waals surface area contributed by atoms with Crippen LogP contribution in [-0.2, 0) is 0 Å². The number of aliphatic hydroxyl groups is 1. The Kier molecular flexibility index (Phi) is 1.27. The lowest BCUT2D eigenvalue weighted by Gasteiger charge is -2.36. The van der Waals surface area contributed by atoms with Crippen LogP contribution in [0.1, 0.15) is 25.7 Å². The number of rotatable bonds is 0. The number of hydrogen-bond donors (Lipinski definition) is 1. The SMILES string of the molecule is C=C1C2CC3CC(O)C1C(C3)C2. The van der Waals surface area contributed by atoms with E-state index in [1.807, 2.05) is 0 Å². The first-order chi connectivity index (χ1) is 5.75. The molecule has 0 saturated heterocycles. The summed E-state index contributed by atoms with van der Waals surface area (Å²) in [6, 6.07) is 0. The quantitative estimate of drug-likeness (QED) is 0.543. The molecule has 0 radical (unpaired) electrons. The molecule has 3 aliphatic rings. The Balaban J connectivity index is 2.03. The highest BCUT2D eigenvalue weighted by Gasteiger charge is 2.50. The molecule has 0 aromatic carbocycles. The van der Waals surface area contributed by atoms with Crippen LogP contribution in [0.25, 0.3) is 0 Å². The summed E-state index contributed by atoms with van der Waals surface area (Å²) in [4.78, 5) is 0. The molecular weight excluding hydrogens is 148 g/mol. The number of hydrogen-bond acceptors (Lipinski definition) is 1. The highest BCUT2D eigenvalue weighted by atomic mass is 16.3. The average molecular weight is 164 g/mol. The number of fused-ring (bicyclic) bond motifs is 2. The third-order valence-electron chi connectivity index (χ3n) is 4.29. The molecule has 66 valence electrons. The van der Waals surface area contributed by atoms with Gasteiger partial charge in [-0.25, -0.2) is 0 Å². The van der Waals surface area contributed by atoms with Crippen molar-refractivity contribution < 1.29 is 5.11 Å². The fourth-order valence-corrected chi connectivity index (χ4v) is 3.90. The molecule has 3 fully saturated rings. The molecule has 1 heteroatoms. The molecule has 0 aliphatic heterocycles. The molecule has 3 aliphatic carbocycles. The van der Waals surface area contributed by atoms with Gasteiger partial charge < -0.3 is 5.11 Å². The predicted molar refractivity (Wildman–Crippen MR) is 47.6 cm³/mol. The molecule has 3 bridgehead atoms. The molecule has 5 atom stereocenters. The van der Waals surface area contributed by atoms with Crippen LogP contribution in [0.2, 0.25) is 0 Å². The van der Waals surface area contributed by atoms with Crippen molar-refractivity contribution in [2.75, 3.05) is 0 Å². The van der Waals surface area contributed by atoms with Crippen LogP contribution >= 0.6 is 0 Å². The largest absolute Gasteiger partial charge is 0.392 e. The van der Waals surface area contributed by atoms with Gasteiger partial charge >= 0.3 is 0 Å². The Morgan fingerprint density at radius 1 is 1.17 bits per heavy atom. The van der Waals surface area contributed by atoms with Crippen LogP contribution in [0.3, 0.4) is 0 Å². The van der Waals surface area contributed by atoms with E-state index in [4.69, 9.17) is 0 Å².